The first-order chi connectivity index (χ1) is 13.3. The summed E-state index contributed by atoms with van der Waals surface area (Å²) >= 11 is 0. The summed E-state index contributed by atoms with van der Waals surface area (Å²) in [5, 5.41) is 1.80. The van der Waals surface area contributed by atoms with E-state index in [-0.39, 0.29) is 0 Å². The van der Waals surface area contributed by atoms with Gasteiger partial charge in [-0.2, -0.15) is 5.06 Å². The third-order valence-electron chi connectivity index (χ3n) is 5.31. The summed E-state index contributed by atoms with van der Waals surface area (Å²) in [5.74, 6) is 0.650. The number of methoxy groups -OCH3 is 1. The van der Waals surface area contributed by atoms with Gasteiger partial charge in [-0.3, -0.25) is 4.99 Å². The molecule has 0 radical (unpaired) electrons. The number of aliphatic imine (C=N–C) groups is 1. The van der Waals surface area contributed by atoms with Crippen molar-refractivity contribution in [3.63, 3.8) is 0 Å². The van der Waals surface area contributed by atoms with Crippen molar-refractivity contribution in [3.05, 3.63) is 77.9 Å². The molecular formula is C23H26N2O3. The second-order valence-corrected chi connectivity index (χ2v) is 7.70. The summed E-state index contributed by atoms with van der Waals surface area (Å²) in [6.45, 7) is 8.30. The van der Waals surface area contributed by atoms with Crippen LogP contribution in [0.5, 0.6) is 0 Å². The maximum absolute atomic E-state index is 12.0. The van der Waals surface area contributed by atoms with Gasteiger partial charge in [0.2, 0.25) is 0 Å². The number of rotatable bonds is 5. The molecule has 3 rings (SSSR count). The minimum absolute atomic E-state index is 0.398. The average Bonchev–Trinajstić information content (AvgIpc) is 2.87. The first-order valence-corrected chi connectivity index (χ1v) is 9.25. The first-order valence-electron chi connectivity index (χ1n) is 9.25. The number of hydrogen-bond donors (Lipinski definition) is 0. The lowest BCUT2D eigenvalue weighted by atomic mass is 9.84. The van der Waals surface area contributed by atoms with Crippen LogP contribution in [0.1, 0.15) is 38.8 Å². The van der Waals surface area contributed by atoms with E-state index in [0.717, 1.165) is 17.0 Å². The summed E-state index contributed by atoms with van der Waals surface area (Å²) < 4.78 is 4.83. The van der Waals surface area contributed by atoms with Crippen LogP contribution in [0.25, 0.3) is 5.76 Å². The lowest BCUT2D eigenvalue weighted by Crippen LogP contribution is -2.52. The summed E-state index contributed by atoms with van der Waals surface area (Å²) in [4.78, 5) is 23.3. The molecule has 0 amide bonds. The highest BCUT2D eigenvalue weighted by atomic mass is 16.7. The van der Waals surface area contributed by atoms with Crippen LogP contribution in [0.3, 0.4) is 0 Å². The normalized spacial score (nSPS) is 17.8. The quantitative estimate of drug-likeness (QED) is 0.438. The summed E-state index contributed by atoms with van der Waals surface area (Å²) in [7, 11) is 1.35. The van der Waals surface area contributed by atoms with Crippen molar-refractivity contribution in [2.45, 2.75) is 38.8 Å². The molecule has 0 unspecified atom stereocenters. The minimum Gasteiger partial charge on any atom is -0.466 e. The number of esters is 1. The number of benzene rings is 2. The monoisotopic (exact) mass is 378 g/mol. The summed E-state index contributed by atoms with van der Waals surface area (Å²) in [5.41, 5.74) is 0.875. The van der Waals surface area contributed by atoms with Crippen molar-refractivity contribution < 1.29 is 14.4 Å². The maximum Gasteiger partial charge on any atom is 0.334 e. The predicted molar refractivity (Wildman–Crippen MR) is 110 cm³/mol. The van der Waals surface area contributed by atoms with Crippen LogP contribution in [-0.4, -0.2) is 35.1 Å². The first kappa shape index (κ1) is 19.7. The van der Waals surface area contributed by atoms with Gasteiger partial charge in [0.15, 0.2) is 11.6 Å². The zero-order valence-electron chi connectivity index (χ0n) is 17.0. The van der Waals surface area contributed by atoms with Gasteiger partial charge in [0.25, 0.3) is 0 Å². The van der Waals surface area contributed by atoms with E-state index in [4.69, 9.17) is 14.6 Å². The Balaban J connectivity index is 2.06. The van der Waals surface area contributed by atoms with Crippen LogP contribution in [0.15, 0.2) is 71.7 Å². The summed E-state index contributed by atoms with van der Waals surface area (Å²) in [6, 6.07) is 19.4. The Hall–Kier alpha value is -3.08. The van der Waals surface area contributed by atoms with E-state index in [2.05, 4.69) is 27.7 Å². The molecule has 28 heavy (non-hydrogen) atoms. The Labute approximate surface area is 166 Å². The van der Waals surface area contributed by atoms with Gasteiger partial charge < -0.3 is 9.57 Å². The van der Waals surface area contributed by atoms with Gasteiger partial charge in [0.05, 0.1) is 24.3 Å². The number of amidine groups is 1. The fraction of sp³-hybridized carbons (Fsp3) is 0.304. The highest BCUT2D eigenvalue weighted by Gasteiger charge is 2.51. The number of ether oxygens (including phenoxy) is 1. The smallest absolute Gasteiger partial charge is 0.334 e. The van der Waals surface area contributed by atoms with Crippen molar-refractivity contribution >= 4 is 17.6 Å². The molecule has 0 saturated heterocycles. The van der Waals surface area contributed by atoms with E-state index in [1.807, 2.05) is 60.7 Å². The molecule has 0 saturated carbocycles. The van der Waals surface area contributed by atoms with Gasteiger partial charge in [-0.05, 0) is 27.7 Å². The molecule has 146 valence electrons. The van der Waals surface area contributed by atoms with Crippen LogP contribution in [0.4, 0.5) is 0 Å². The van der Waals surface area contributed by atoms with Crippen LogP contribution in [0, 0.1) is 0 Å². The average molecular weight is 378 g/mol. The molecule has 0 bridgehead atoms. The topological polar surface area (TPSA) is 51.1 Å². The summed E-state index contributed by atoms with van der Waals surface area (Å²) in [6.07, 6.45) is 1.36. The van der Waals surface area contributed by atoms with E-state index >= 15 is 0 Å². The highest BCUT2D eigenvalue weighted by molar-refractivity contribution is 6.01. The van der Waals surface area contributed by atoms with Gasteiger partial charge in [-0.1, -0.05) is 60.7 Å². The Bertz CT molecular complexity index is 900. The number of carbonyl (C=O) groups excluding carboxylic acids is 1. The third-order valence-corrected chi connectivity index (χ3v) is 5.31. The molecule has 1 aliphatic rings. The molecule has 1 heterocycles. The fourth-order valence-electron chi connectivity index (χ4n) is 2.92. The lowest BCUT2D eigenvalue weighted by Gasteiger charge is -2.40. The van der Waals surface area contributed by atoms with Crippen molar-refractivity contribution in [1.82, 2.24) is 5.06 Å². The van der Waals surface area contributed by atoms with Gasteiger partial charge in [0, 0.05) is 11.1 Å². The molecule has 1 aliphatic heterocycles. The lowest BCUT2D eigenvalue weighted by molar-refractivity contribution is -0.135. The van der Waals surface area contributed by atoms with Crippen LogP contribution in [-0.2, 0) is 14.4 Å². The van der Waals surface area contributed by atoms with Crippen molar-refractivity contribution in [3.8, 4) is 0 Å². The molecule has 2 aromatic rings. The molecule has 0 atom stereocenters. The van der Waals surface area contributed by atoms with Crippen molar-refractivity contribution in [2.75, 3.05) is 7.11 Å². The number of hydrogen-bond acceptors (Lipinski definition) is 5. The van der Waals surface area contributed by atoms with E-state index in [9.17, 15) is 4.79 Å². The SMILES string of the molecule is COC(=O)/C=C(/ON1C(c2ccccc2)=NC(C)(C)C1(C)C)c1ccccc1. The number of hydroxylamine groups is 2. The predicted octanol–water partition coefficient (Wildman–Crippen LogP) is 4.45. The Morgan fingerprint density at radius 3 is 2.11 bits per heavy atom. The molecule has 0 aliphatic carbocycles. The molecule has 0 aromatic heterocycles. The molecule has 5 nitrogen and oxygen atoms in total. The zero-order chi connectivity index (χ0) is 20.4. The molecule has 5 heteroatoms. The van der Waals surface area contributed by atoms with Crippen molar-refractivity contribution in [2.24, 2.45) is 4.99 Å². The number of carbonyl (C=O) groups is 1. The van der Waals surface area contributed by atoms with Crippen LogP contribution in [0.2, 0.25) is 0 Å². The van der Waals surface area contributed by atoms with Gasteiger partial charge in [0.1, 0.15) is 0 Å². The minimum atomic E-state index is -0.478. The fourth-order valence-corrected chi connectivity index (χ4v) is 2.92. The van der Waals surface area contributed by atoms with Gasteiger partial charge in [-0.25, -0.2) is 4.79 Å². The Morgan fingerprint density at radius 1 is 0.964 bits per heavy atom. The van der Waals surface area contributed by atoms with E-state index in [1.165, 1.54) is 13.2 Å². The highest BCUT2D eigenvalue weighted by Crippen LogP contribution is 2.41. The maximum atomic E-state index is 12.0. The van der Waals surface area contributed by atoms with E-state index in [0.29, 0.717) is 5.76 Å². The Morgan fingerprint density at radius 2 is 1.54 bits per heavy atom. The second kappa shape index (κ2) is 7.50. The Kier molecular flexibility index (Phi) is 5.27. The largest absolute Gasteiger partial charge is 0.466 e. The van der Waals surface area contributed by atoms with E-state index < -0.39 is 17.0 Å². The number of nitrogens with zero attached hydrogens (tertiary/aromatic N) is 2. The van der Waals surface area contributed by atoms with Gasteiger partial charge in [-0.15, -0.1) is 0 Å². The van der Waals surface area contributed by atoms with Gasteiger partial charge >= 0.3 is 5.97 Å². The van der Waals surface area contributed by atoms with Crippen LogP contribution >= 0.6 is 0 Å². The molecular weight excluding hydrogens is 352 g/mol. The third kappa shape index (κ3) is 3.65. The molecule has 0 spiro atoms. The second-order valence-electron chi connectivity index (χ2n) is 7.70. The molecule has 0 N–H and O–H groups in total. The van der Waals surface area contributed by atoms with Crippen molar-refractivity contribution in [1.29, 1.82) is 0 Å². The van der Waals surface area contributed by atoms with Crippen LogP contribution < -0.4 is 0 Å². The van der Waals surface area contributed by atoms with E-state index in [1.54, 1.807) is 5.06 Å². The standard InChI is InChI=1S/C23H26N2O3/c1-22(2)23(3,4)25(21(24-22)18-14-10-7-11-15-18)28-19(16-20(26)27-5)17-12-8-6-9-13-17/h6-16H,1-5H3/b19-16+. The molecule has 0 fully saturated rings. The molecule has 2 aromatic carbocycles. The zero-order valence-corrected chi connectivity index (χ0v) is 17.0.